The van der Waals surface area contributed by atoms with Crippen molar-refractivity contribution < 1.29 is 9.63 Å². The first kappa shape index (κ1) is 12.1. The quantitative estimate of drug-likeness (QED) is 0.637. The lowest BCUT2D eigenvalue weighted by molar-refractivity contribution is 0.0233. The third-order valence-corrected chi connectivity index (χ3v) is 2.40. The van der Waals surface area contributed by atoms with Crippen molar-refractivity contribution in [2.75, 3.05) is 5.73 Å². The first-order chi connectivity index (χ1) is 8.75. The summed E-state index contributed by atoms with van der Waals surface area (Å²) < 4.78 is 0. The molecule has 92 valence electrons. The molecule has 0 aliphatic carbocycles. The van der Waals surface area contributed by atoms with E-state index in [0.717, 1.165) is 5.56 Å². The molecule has 18 heavy (non-hydrogen) atoms. The van der Waals surface area contributed by atoms with Gasteiger partial charge in [0.05, 0.1) is 6.61 Å². The highest BCUT2D eigenvalue weighted by Crippen LogP contribution is 2.06. The Morgan fingerprint density at radius 3 is 2.61 bits per heavy atom. The Labute approximate surface area is 105 Å². The highest BCUT2D eigenvalue weighted by Gasteiger charge is 2.05. The second-order valence-electron chi connectivity index (χ2n) is 3.83. The molecule has 0 radical (unpaired) electrons. The number of nitrogens with two attached hydrogens (primary N) is 1. The molecule has 0 spiro atoms. The first-order valence-corrected chi connectivity index (χ1v) is 5.57. The summed E-state index contributed by atoms with van der Waals surface area (Å²) in [6.07, 6.45) is 0. The molecule has 0 atom stereocenters. The highest BCUT2D eigenvalue weighted by molar-refractivity contribution is 5.94. The highest BCUT2D eigenvalue weighted by atomic mass is 16.6. The number of amides is 1. The van der Waals surface area contributed by atoms with Gasteiger partial charge in [0.25, 0.3) is 5.91 Å². The molecule has 0 aliphatic heterocycles. The van der Waals surface area contributed by atoms with Crippen molar-refractivity contribution in [2.45, 2.75) is 6.61 Å². The smallest absolute Gasteiger partial charge is 0.274 e. The second-order valence-corrected chi connectivity index (χ2v) is 3.83. The van der Waals surface area contributed by atoms with Crippen LogP contribution in [0.4, 0.5) is 5.69 Å². The van der Waals surface area contributed by atoms with Crippen LogP contribution in [0, 0.1) is 0 Å². The molecule has 2 rings (SSSR count). The summed E-state index contributed by atoms with van der Waals surface area (Å²) >= 11 is 0. The molecule has 2 aromatic carbocycles. The summed E-state index contributed by atoms with van der Waals surface area (Å²) in [4.78, 5) is 16.8. The lowest BCUT2D eigenvalue weighted by Crippen LogP contribution is -2.23. The van der Waals surface area contributed by atoms with E-state index in [1.807, 2.05) is 30.3 Å². The minimum Gasteiger partial charge on any atom is -0.399 e. The van der Waals surface area contributed by atoms with Crippen LogP contribution < -0.4 is 11.2 Å². The summed E-state index contributed by atoms with van der Waals surface area (Å²) in [5, 5.41) is 0. The second kappa shape index (κ2) is 5.84. The van der Waals surface area contributed by atoms with E-state index >= 15 is 0 Å². The van der Waals surface area contributed by atoms with Crippen LogP contribution in [0.15, 0.2) is 54.6 Å². The number of carbonyl (C=O) groups is 1. The number of carbonyl (C=O) groups excluding carboxylic acids is 1. The van der Waals surface area contributed by atoms with E-state index in [1.54, 1.807) is 24.3 Å². The van der Waals surface area contributed by atoms with Crippen molar-refractivity contribution in [1.82, 2.24) is 5.48 Å². The van der Waals surface area contributed by atoms with Crippen molar-refractivity contribution in [3.63, 3.8) is 0 Å². The van der Waals surface area contributed by atoms with Crippen molar-refractivity contribution in [1.29, 1.82) is 0 Å². The van der Waals surface area contributed by atoms with E-state index in [4.69, 9.17) is 10.6 Å². The molecule has 0 aliphatic rings. The summed E-state index contributed by atoms with van der Waals surface area (Å²) in [7, 11) is 0. The van der Waals surface area contributed by atoms with Crippen molar-refractivity contribution >= 4 is 11.6 Å². The summed E-state index contributed by atoms with van der Waals surface area (Å²) in [5.41, 5.74) is 9.99. The number of nitrogens with one attached hydrogen (secondary N) is 1. The summed E-state index contributed by atoms with van der Waals surface area (Å²) in [6.45, 7) is 0.328. The third-order valence-electron chi connectivity index (χ3n) is 2.40. The minimum absolute atomic E-state index is 0.307. The maximum absolute atomic E-state index is 11.7. The van der Waals surface area contributed by atoms with E-state index in [1.165, 1.54) is 0 Å². The minimum atomic E-state index is -0.307. The monoisotopic (exact) mass is 242 g/mol. The average Bonchev–Trinajstić information content (AvgIpc) is 2.40. The fourth-order valence-corrected chi connectivity index (χ4v) is 1.50. The maximum Gasteiger partial charge on any atom is 0.274 e. The van der Waals surface area contributed by atoms with Gasteiger partial charge in [-0.3, -0.25) is 9.63 Å². The standard InChI is InChI=1S/C14H14N2O2/c15-13-8-4-7-12(9-13)14(17)16-18-10-11-5-2-1-3-6-11/h1-9H,10,15H2,(H,16,17). The van der Waals surface area contributed by atoms with Crippen molar-refractivity contribution in [3.05, 3.63) is 65.7 Å². The van der Waals surface area contributed by atoms with Crippen LogP contribution in [0.1, 0.15) is 15.9 Å². The Morgan fingerprint density at radius 2 is 1.89 bits per heavy atom. The zero-order valence-corrected chi connectivity index (χ0v) is 9.80. The van der Waals surface area contributed by atoms with Crippen LogP contribution in [0.25, 0.3) is 0 Å². The zero-order valence-electron chi connectivity index (χ0n) is 9.80. The fraction of sp³-hybridized carbons (Fsp3) is 0.0714. The predicted molar refractivity (Wildman–Crippen MR) is 69.6 cm³/mol. The lowest BCUT2D eigenvalue weighted by atomic mass is 10.2. The maximum atomic E-state index is 11.7. The van der Waals surface area contributed by atoms with Crippen molar-refractivity contribution in [3.8, 4) is 0 Å². The normalized spacial score (nSPS) is 10.0. The molecule has 0 saturated carbocycles. The molecule has 4 nitrogen and oxygen atoms in total. The van der Waals surface area contributed by atoms with Crippen molar-refractivity contribution in [2.24, 2.45) is 0 Å². The molecule has 2 aromatic rings. The van der Waals surface area contributed by atoms with Gasteiger partial charge in [-0.1, -0.05) is 36.4 Å². The molecule has 0 heterocycles. The molecular weight excluding hydrogens is 228 g/mol. The van der Waals surface area contributed by atoms with Crippen LogP contribution in [0.2, 0.25) is 0 Å². The molecule has 0 saturated heterocycles. The Kier molecular flexibility index (Phi) is 3.94. The van der Waals surface area contributed by atoms with E-state index in [2.05, 4.69) is 5.48 Å². The van der Waals surface area contributed by atoms with Gasteiger partial charge in [0.1, 0.15) is 0 Å². The summed E-state index contributed by atoms with van der Waals surface area (Å²) in [5.74, 6) is -0.307. The van der Waals surface area contributed by atoms with E-state index in [9.17, 15) is 4.79 Å². The third kappa shape index (κ3) is 3.33. The molecule has 4 heteroatoms. The Bertz CT molecular complexity index is 526. The molecule has 0 unspecified atom stereocenters. The largest absolute Gasteiger partial charge is 0.399 e. The lowest BCUT2D eigenvalue weighted by Gasteiger charge is -2.06. The van der Waals surface area contributed by atoms with Gasteiger partial charge < -0.3 is 5.73 Å². The molecule has 0 bridgehead atoms. The molecule has 1 amide bonds. The van der Waals surface area contributed by atoms with Gasteiger partial charge >= 0.3 is 0 Å². The van der Waals surface area contributed by atoms with Gasteiger partial charge in [0.15, 0.2) is 0 Å². The van der Waals surface area contributed by atoms with Crippen LogP contribution in [0.5, 0.6) is 0 Å². The van der Waals surface area contributed by atoms with E-state index in [0.29, 0.717) is 17.9 Å². The van der Waals surface area contributed by atoms with Crippen LogP contribution in [0.3, 0.4) is 0 Å². The summed E-state index contributed by atoms with van der Waals surface area (Å²) in [6, 6.07) is 16.3. The topological polar surface area (TPSA) is 64.4 Å². The number of hydroxylamine groups is 1. The Balaban J connectivity index is 1.86. The van der Waals surface area contributed by atoms with Gasteiger partial charge in [-0.05, 0) is 23.8 Å². The number of hydrogen-bond acceptors (Lipinski definition) is 3. The molecule has 3 N–H and O–H groups in total. The van der Waals surface area contributed by atoms with Gasteiger partial charge in [-0.15, -0.1) is 0 Å². The van der Waals surface area contributed by atoms with Gasteiger partial charge in [0, 0.05) is 11.3 Å². The van der Waals surface area contributed by atoms with Crippen LogP contribution in [-0.2, 0) is 11.4 Å². The van der Waals surface area contributed by atoms with Gasteiger partial charge in [-0.25, -0.2) is 5.48 Å². The first-order valence-electron chi connectivity index (χ1n) is 5.57. The Morgan fingerprint density at radius 1 is 1.11 bits per heavy atom. The number of benzene rings is 2. The molecule has 0 aromatic heterocycles. The average molecular weight is 242 g/mol. The fourth-order valence-electron chi connectivity index (χ4n) is 1.50. The van der Waals surface area contributed by atoms with Gasteiger partial charge in [0.2, 0.25) is 0 Å². The van der Waals surface area contributed by atoms with E-state index < -0.39 is 0 Å². The van der Waals surface area contributed by atoms with Crippen LogP contribution in [-0.4, -0.2) is 5.91 Å². The SMILES string of the molecule is Nc1cccc(C(=O)NOCc2ccccc2)c1. The number of anilines is 1. The number of rotatable bonds is 4. The van der Waals surface area contributed by atoms with Crippen LogP contribution >= 0.6 is 0 Å². The van der Waals surface area contributed by atoms with E-state index in [-0.39, 0.29) is 5.91 Å². The zero-order chi connectivity index (χ0) is 12.8. The number of hydrogen-bond donors (Lipinski definition) is 2. The van der Waals surface area contributed by atoms with Gasteiger partial charge in [-0.2, -0.15) is 0 Å². The molecular formula is C14H14N2O2. The Hall–Kier alpha value is -2.33. The number of nitrogen functional groups attached to an aromatic ring is 1. The predicted octanol–water partition coefficient (Wildman–Crippen LogP) is 2.13. The molecule has 0 fully saturated rings.